The van der Waals surface area contributed by atoms with E-state index in [0.717, 1.165) is 12.5 Å². The Labute approximate surface area is 102 Å². The van der Waals surface area contributed by atoms with Crippen LogP contribution >= 0.6 is 0 Å². The van der Waals surface area contributed by atoms with Gasteiger partial charge in [0.15, 0.2) is 0 Å². The van der Waals surface area contributed by atoms with Crippen LogP contribution in [0.2, 0.25) is 0 Å². The maximum atomic E-state index is 3.72. The van der Waals surface area contributed by atoms with Crippen LogP contribution in [0.1, 0.15) is 53.9 Å². The van der Waals surface area contributed by atoms with Crippen LogP contribution < -0.4 is 5.32 Å². The highest BCUT2D eigenvalue weighted by Gasteiger charge is 2.35. The quantitative estimate of drug-likeness (QED) is 0.775. The average molecular weight is 226 g/mol. The average Bonchev–Trinajstić information content (AvgIpc) is 2.23. The van der Waals surface area contributed by atoms with Crippen LogP contribution in [0.15, 0.2) is 0 Å². The van der Waals surface area contributed by atoms with E-state index in [9.17, 15) is 0 Å². The van der Waals surface area contributed by atoms with E-state index in [1.54, 1.807) is 0 Å². The van der Waals surface area contributed by atoms with Gasteiger partial charge < -0.3 is 5.32 Å². The fraction of sp³-hybridized carbons (Fsp3) is 1.00. The highest BCUT2D eigenvalue weighted by Crippen LogP contribution is 2.24. The van der Waals surface area contributed by atoms with E-state index in [1.165, 1.54) is 32.4 Å². The van der Waals surface area contributed by atoms with Crippen molar-refractivity contribution in [2.24, 2.45) is 5.92 Å². The Kier molecular flexibility index (Phi) is 5.26. The Bertz CT molecular complexity index is 203. The molecule has 0 bridgehead atoms. The molecule has 0 amide bonds. The lowest BCUT2D eigenvalue weighted by atomic mass is 9.90. The summed E-state index contributed by atoms with van der Waals surface area (Å²) >= 11 is 0. The maximum absolute atomic E-state index is 3.72. The third-order valence-corrected chi connectivity index (χ3v) is 3.96. The number of hydrogen-bond donors (Lipinski definition) is 1. The van der Waals surface area contributed by atoms with E-state index < -0.39 is 0 Å². The van der Waals surface area contributed by atoms with Gasteiger partial charge in [-0.2, -0.15) is 0 Å². The van der Waals surface area contributed by atoms with Crippen LogP contribution in [0, 0.1) is 5.92 Å². The fourth-order valence-electron chi connectivity index (χ4n) is 2.65. The molecule has 0 saturated carbocycles. The standard InChI is InChI=1S/C14H30N2/c1-6-8-13-10-16(9-12(3)4)14(5,7-2)11-15-13/h12-13,15H,6-11H2,1-5H3. The minimum Gasteiger partial charge on any atom is -0.311 e. The molecule has 1 aliphatic heterocycles. The summed E-state index contributed by atoms with van der Waals surface area (Å²) in [7, 11) is 0. The van der Waals surface area contributed by atoms with Crippen LogP contribution in [-0.4, -0.2) is 36.1 Å². The molecule has 1 heterocycles. The number of hydrogen-bond acceptors (Lipinski definition) is 2. The molecule has 1 rings (SSSR count). The van der Waals surface area contributed by atoms with Crippen molar-refractivity contribution in [2.45, 2.75) is 65.5 Å². The highest BCUT2D eigenvalue weighted by molar-refractivity contribution is 4.95. The van der Waals surface area contributed by atoms with Crippen molar-refractivity contribution in [3.05, 3.63) is 0 Å². The van der Waals surface area contributed by atoms with Crippen LogP contribution in [0.3, 0.4) is 0 Å². The Balaban J connectivity index is 2.62. The summed E-state index contributed by atoms with van der Waals surface area (Å²) in [5.74, 6) is 0.770. The van der Waals surface area contributed by atoms with Crippen molar-refractivity contribution in [1.82, 2.24) is 10.2 Å². The molecular formula is C14H30N2. The molecule has 1 fully saturated rings. The lowest BCUT2D eigenvalue weighted by molar-refractivity contribution is 0.0370. The van der Waals surface area contributed by atoms with Crippen molar-refractivity contribution in [1.29, 1.82) is 0 Å². The molecule has 1 aliphatic rings. The topological polar surface area (TPSA) is 15.3 Å². The number of piperazine rings is 1. The third-order valence-electron chi connectivity index (χ3n) is 3.96. The van der Waals surface area contributed by atoms with Gasteiger partial charge in [0.05, 0.1) is 0 Å². The fourth-order valence-corrected chi connectivity index (χ4v) is 2.65. The Morgan fingerprint density at radius 1 is 1.38 bits per heavy atom. The van der Waals surface area contributed by atoms with E-state index in [4.69, 9.17) is 0 Å². The van der Waals surface area contributed by atoms with Gasteiger partial charge in [-0.1, -0.05) is 34.1 Å². The summed E-state index contributed by atoms with van der Waals surface area (Å²) in [6.45, 7) is 15.3. The minimum absolute atomic E-state index is 0.370. The van der Waals surface area contributed by atoms with Crippen LogP contribution in [0.5, 0.6) is 0 Å². The number of rotatable bonds is 5. The molecule has 1 N–H and O–H groups in total. The molecule has 0 spiro atoms. The molecule has 0 aromatic rings. The zero-order chi connectivity index (χ0) is 12.2. The Morgan fingerprint density at radius 3 is 2.56 bits per heavy atom. The van der Waals surface area contributed by atoms with Crippen LogP contribution in [0.25, 0.3) is 0 Å². The molecule has 2 atom stereocenters. The Hall–Kier alpha value is -0.0800. The van der Waals surface area contributed by atoms with Crippen molar-refractivity contribution in [2.75, 3.05) is 19.6 Å². The smallest absolute Gasteiger partial charge is 0.0304 e. The van der Waals surface area contributed by atoms with Crippen molar-refractivity contribution in [3.8, 4) is 0 Å². The second kappa shape index (κ2) is 6.02. The van der Waals surface area contributed by atoms with Crippen molar-refractivity contribution >= 4 is 0 Å². The molecule has 2 unspecified atom stereocenters. The summed E-state index contributed by atoms with van der Waals surface area (Å²) in [5, 5.41) is 3.72. The molecule has 2 heteroatoms. The van der Waals surface area contributed by atoms with E-state index in [1.807, 2.05) is 0 Å². The van der Waals surface area contributed by atoms with E-state index in [0.29, 0.717) is 11.6 Å². The summed E-state index contributed by atoms with van der Waals surface area (Å²) < 4.78 is 0. The zero-order valence-electron chi connectivity index (χ0n) is 11.8. The second-order valence-corrected chi connectivity index (χ2v) is 6.02. The maximum Gasteiger partial charge on any atom is 0.0304 e. The molecule has 2 nitrogen and oxygen atoms in total. The van der Waals surface area contributed by atoms with Crippen molar-refractivity contribution < 1.29 is 0 Å². The highest BCUT2D eigenvalue weighted by atomic mass is 15.3. The van der Waals surface area contributed by atoms with Crippen LogP contribution in [-0.2, 0) is 0 Å². The van der Waals surface area contributed by atoms with E-state index in [2.05, 4.69) is 44.8 Å². The molecule has 0 aliphatic carbocycles. The first kappa shape index (κ1) is 14.0. The van der Waals surface area contributed by atoms with Crippen molar-refractivity contribution in [3.63, 3.8) is 0 Å². The monoisotopic (exact) mass is 226 g/mol. The van der Waals surface area contributed by atoms with E-state index >= 15 is 0 Å². The molecule has 0 aromatic heterocycles. The summed E-state index contributed by atoms with van der Waals surface area (Å²) in [6, 6.07) is 0.711. The number of nitrogens with one attached hydrogen (secondary N) is 1. The van der Waals surface area contributed by atoms with Gasteiger partial charge in [-0.25, -0.2) is 0 Å². The molecule has 0 aromatic carbocycles. The van der Waals surface area contributed by atoms with Crippen LogP contribution in [0.4, 0.5) is 0 Å². The third kappa shape index (κ3) is 3.46. The van der Waals surface area contributed by atoms with Gasteiger partial charge in [0.25, 0.3) is 0 Å². The van der Waals surface area contributed by atoms with E-state index in [-0.39, 0.29) is 0 Å². The van der Waals surface area contributed by atoms with Gasteiger partial charge in [0, 0.05) is 31.2 Å². The van der Waals surface area contributed by atoms with Gasteiger partial charge in [-0.15, -0.1) is 0 Å². The first-order valence-corrected chi connectivity index (χ1v) is 7.00. The molecule has 1 saturated heterocycles. The lowest BCUT2D eigenvalue weighted by Gasteiger charge is -2.48. The second-order valence-electron chi connectivity index (χ2n) is 6.02. The molecular weight excluding hydrogens is 196 g/mol. The molecule has 16 heavy (non-hydrogen) atoms. The largest absolute Gasteiger partial charge is 0.311 e. The summed E-state index contributed by atoms with van der Waals surface area (Å²) in [4.78, 5) is 2.72. The normalized spacial score (nSPS) is 32.2. The molecule has 0 radical (unpaired) electrons. The van der Waals surface area contributed by atoms with Gasteiger partial charge in [0.2, 0.25) is 0 Å². The van der Waals surface area contributed by atoms with Gasteiger partial charge in [-0.05, 0) is 25.7 Å². The summed E-state index contributed by atoms with van der Waals surface area (Å²) in [6.07, 6.45) is 3.84. The first-order chi connectivity index (χ1) is 7.51. The summed E-state index contributed by atoms with van der Waals surface area (Å²) in [5.41, 5.74) is 0.370. The predicted molar refractivity (Wildman–Crippen MR) is 71.8 cm³/mol. The zero-order valence-corrected chi connectivity index (χ0v) is 11.8. The number of nitrogens with zero attached hydrogens (tertiary/aromatic N) is 1. The SMILES string of the molecule is CCCC1CN(CC(C)C)C(C)(CC)CN1. The van der Waals surface area contributed by atoms with Gasteiger partial charge in [0.1, 0.15) is 0 Å². The minimum atomic E-state index is 0.370. The first-order valence-electron chi connectivity index (χ1n) is 7.00. The van der Waals surface area contributed by atoms with Gasteiger partial charge in [-0.3, -0.25) is 4.90 Å². The molecule has 96 valence electrons. The van der Waals surface area contributed by atoms with Gasteiger partial charge >= 0.3 is 0 Å². The predicted octanol–water partition coefficient (Wildman–Crippen LogP) is 2.89. The lowest BCUT2D eigenvalue weighted by Crippen LogP contribution is -2.63. The Morgan fingerprint density at radius 2 is 2.06 bits per heavy atom.